The van der Waals surface area contributed by atoms with E-state index in [0.29, 0.717) is 17.1 Å². The number of Topliss-reactive ketones (excluding diaryl/α,β-unsaturated/α-hetero) is 1. The predicted octanol–water partition coefficient (Wildman–Crippen LogP) is 4.86. The molecule has 0 aromatic rings. The fourth-order valence-electron chi connectivity index (χ4n) is 7.51. The van der Waals surface area contributed by atoms with Crippen LogP contribution < -0.4 is 0 Å². The van der Waals surface area contributed by atoms with Crippen LogP contribution in [0.5, 0.6) is 0 Å². The van der Waals surface area contributed by atoms with Gasteiger partial charge in [0.05, 0.1) is 0 Å². The Morgan fingerprint density at radius 2 is 1.87 bits per heavy atom. The highest BCUT2D eigenvalue weighted by Gasteiger charge is 2.60. The molecule has 0 saturated heterocycles. The summed E-state index contributed by atoms with van der Waals surface area (Å²) < 4.78 is 5.44. The van der Waals surface area contributed by atoms with Crippen molar-refractivity contribution in [3.63, 3.8) is 0 Å². The summed E-state index contributed by atoms with van der Waals surface area (Å²) >= 11 is 0. The molecule has 4 aliphatic rings. The van der Waals surface area contributed by atoms with Crippen molar-refractivity contribution < 1.29 is 9.53 Å². The van der Waals surface area contributed by atoms with Crippen molar-refractivity contribution in [3.8, 4) is 0 Å². The zero-order valence-electron chi connectivity index (χ0n) is 15.3. The van der Waals surface area contributed by atoms with Gasteiger partial charge in [-0.25, -0.2) is 0 Å². The van der Waals surface area contributed by atoms with E-state index in [1.807, 2.05) is 7.11 Å². The molecule has 0 spiro atoms. The highest BCUT2D eigenvalue weighted by molar-refractivity contribution is 5.87. The van der Waals surface area contributed by atoms with Crippen LogP contribution in [-0.4, -0.2) is 19.5 Å². The lowest BCUT2D eigenvalue weighted by Gasteiger charge is -2.60. The molecular formula is C21H34O2. The molecule has 7 atom stereocenters. The van der Waals surface area contributed by atoms with Crippen LogP contribution in [-0.2, 0) is 9.53 Å². The standard InChI is InChI=1S/C21H34O2/c1-20-10-8-14(13-23-3)12-15(20)4-5-16-17-6-7-19(22)21(17,2)11-9-18(16)20/h14-18H,4-13H2,1-3H3. The van der Waals surface area contributed by atoms with Crippen LogP contribution in [0, 0.1) is 40.4 Å². The number of hydrogen-bond donors (Lipinski definition) is 0. The second kappa shape index (κ2) is 5.58. The number of carbonyl (C=O) groups is 1. The van der Waals surface area contributed by atoms with E-state index >= 15 is 0 Å². The molecule has 130 valence electrons. The van der Waals surface area contributed by atoms with Gasteiger partial charge < -0.3 is 4.74 Å². The molecule has 4 saturated carbocycles. The molecule has 0 amide bonds. The monoisotopic (exact) mass is 318 g/mol. The topological polar surface area (TPSA) is 26.3 Å². The van der Waals surface area contributed by atoms with Gasteiger partial charge in [0.1, 0.15) is 5.78 Å². The summed E-state index contributed by atoms with van der Waals surface area (Å²) in [5, 5.41) is 0. The van der Waals surface area contributed by atoms with E-state index in [4.69, 9.17) is 4.74 Å². The summed E-state index contributed by atoms with van der Waals surface area (Å²) in [6.07, 6.45) is 11.4. The van der Waals surface area contributed by atoms with Crippen molar-refractivity contribution >= 4 is 5.78 Å². The van der Waals surface area contributed by atoms with Crippen LogP contribution in [0.3, 0.4) is 0 Å². The third-order valence-corrected chi connectivity index (χ3v) is 8.89. The Labute approximate surface area is 141 Å². The number of rotatable bonds is 2. The Hall–Kier alpha value is -0.370. The van der Waals surface area contributed by atoms with Crippen LogP contribution in [0.1, 0.15) is 71.6 Å². The van der Waals surface area contributed by atoms with Crippen molar-refractivity contribution in [2.75, 3.05) is 13.7 Å². The minimum Gasteiger partial charge on any atom is -0.384 e. The third kappa shape index (κ3) is 2.27. The van der Waals surface area contributed by atoms with E-state index in [-0.39, 0.29) is 5.41 Å². The summed E-state index contributed by atoms with van der Waals surface area (Å²) in [5.41, 5.74) is 0.581. The molecule has 7 unspecified atom stereocenters. The van der Waals surface area contributed by atoms with Gasteiger partial charge in [0.2, 0.25) is 0 Å². The average Bonchev–Trinajstić information content (AvgIpc) is 2.84. The lowest BCUT2D eigenvalue weighted by atomic mass is 9.44. The van der Waals surface area contributed by atoms with Gasteiger partial charge in [-0.2, -0.15) is 0 Å². The quantitative estimate of drug-likeness (QED) is 0.726. The Kier molecular flexibility index (Phi) is 3.91. The van der Waals surface area contributed by atoms with E-state index in [2.05, 4.69) is 13.8 Å². The first kappa shape index (κ1) is 16.1. The van der Waals surface area contributed by atoms with Crippen molar-refractivity contribution in [2.45, 2.75) is 71.6 Å². The fraction of sp³-hybridized carbons (Fsp3) is 0.952. The molecule has 0 radical (unpaired) electrons. The molecular weight excluding hydrogens is 284 g/mol. The van der Waals surface area contributed by atoms with Gasteiger partial charge >= 0.3 is 0 Å². The third-order valence-electron chi connectivity index (χ3n) is 8.89. The summed E-state index contributed by atoms with van der Waals surface area (Å²) in [7, 11) is 1.85. The van der Waals surface area contributed by atoms with Crippen LogP contribution in [0.2, 0.25) is 0 Å². The largest absolute Gasteiger partial charge is 0.384 e. The minimum atomic E-state index is 0.0393. The van der Waals surface area contributed by atoms with Crippen molar-refractivity contribution in [1.29, 1.82) is 0 Å². The number of ketones is 1. The lowest BCUT2D eigenvalue weighted by Crippen LogP contribution is -2.53. The molecule has 4 rings (SSSR count). The first-order valence-electron chi connectivity index (χ1n) is 10.0. The number of methoxy groups -OCH3 is 1. The first-order valence-corrected chi connectivity index (χ1v) is 10.0. The Morgan fingerprint density at radius 1 is 1.04 bits per heavy atom. The maximum atomic E-state index is 12.5. The van der Waals surface area contributed by atoms with Crippen molar-refractivity contribution in [2.24, 2.45) is 40.4 Å². The molecule has 0 aromatic heterocycles. The number of fused-ring (bicyclic) bond motifs is 5. The number of hydrogen-bond acceptors (Lipinski definition) is 2. The van der Waals surface area contributed by atoms with Crippen LogP contribution in [0.15, 0.2) is 0 Å². The molecule has 4 fully saturated rings. The summed E-state index contributed by atoms with van der Waals surface area (Å²) in [4.78, 5) is 12.5. The van der Waals surface area contributed by atoms with Gasteiger partial charge in [-0.1, -0.05) is 13.8 Å². The van der Waals surface area contributed by atoms with Gasteiger partial charge in [-0.15, -0.1) is 0 Å². The second-order valence-electron chi connectivity index (χ2n) is 9.67. The summed E-state index contributed by atoms with van der Waals surface area (Å²) in [6.45, 7) is 5.86. The second-order valence-corrected chi connectivity index (χ2v) is 9.67. The number of carbonyl (C=O) groups excluding carboxylic acids is 1. The maximum Gasteiger partial charge on any atom is 0.139 e. The maximum absolute atomic E-state index is 12.5. The van der Waals surface area contributed by atoms with Gasteiger partial charge in [0.15, 0.2) is 0 Å². The minimum absolute atomic E-state index is 0.0393. The molecule has 0 aliphatic heterocycles. The van der Waals surface area contributed by atoms with Gasteiger partial charge in [0, 0.05) is 25.6 Å². The highest BCUT2D eigenvalue weighted by atomic mass is 16.5. The van der Waals surface area contributed by atoms with E-state index in [0.717, 1.165) is 36.7 Å². The van der Waals surface area contributed by atoms with Crippen LogP contribution in [0.25, 0.3) is 0 Å². The smallest absolute Gasteiger partial charge is 0.139 e. The Bertz CT molecular complexity index is 486. The van der Waals surface area contributed by atoms with Crippen LogP contribution in [0.4, 0.5) is 0 Å². The fourth-order valence-corrected chi connectivity index (χ4v) is 7.51. The highest BCUT2D eigenvalue weighted by Crippen LogP contribution is 2.65. The zero-order valence-corrected chi connectivity index (χ0v) is 15.3. The van der Waals surface area contributed by atoms with Crippen LogP contribution >= 0.6 is 0 Å². The summed E-state index contributed by atoms with van der Waals surface area (Å²) in [6, 6.07) is 0. The van der Waals surface area contributed by atoms with Gasteiger partial charge in [0.25, 0.3) is 0 Å². The zero-order chi connectivity index (χ0) is 16.2. The molecule has 23 heavy (non-hydrogen) atoms. The van der Waals surface area contributed by atoms with E-state index in [1.165, 1.54) is 51.4 Å². The van der Waals surface area contributed by atoms with Crippen molar-refractivity contribution in [1.82, 2.24) is 0 Å². The molecule has 4 aliphatic carbocycles. The molecule has 2 heteroatoms. The van der Waals surface area contributed by atoms with Gasteiger partial charge in [-0.05, 0) is 86.4 Å². The predicted molar refractivity (Wildman–Crippen MR) is 92.1 cm³/mol. The van der Waals surface area contributed by atoms with E-state index < -0.39 is 0 Å². The van der Waals surface area contributed by atoms with Gasteiger partial charge in [-0.3, -0.25) is 4.79 Å². The Balaban J connectivity index is 1.56. The van der Waals surface area contributed by atoms with E-state index in [9.17, 15) is 4.79 Å². The summed E-state index contributed by atoms with van der Waals surface area (Å²) in [5.74, 6) is 4.69. The molecule has 2 nitrogen and oxygen atoms in total. The molecule has 0 aromatic carbocycles. The average molecular weight is 319 g/mol. The molecule has 0 heterocycles. The Morgan fingerprint density at radius 3 is 2.65 bits per heavy atom. The molecule has 0 bridgehead atoms. The first-order chi connectivity index (χ1) is 11.0. The number of ether oxygens (including phenoxy) is 1. The van der Waals surface area contributed by atoms with Crippen molar-refractivity contribution in [3.05, 3.63) is 0 Å². The normalized spacial score (nSPS) is 52.7. The SMILES string of the molecule is COCC1CCC2(C)C(CCC3C4CCC(=O)C4(C)CCC32)C1. The molecule has 0 N–H and O–H groups in total. The lowest BCUT2D eigenvalue weighted by molar-refractivity contribution is -0.141. The van der Waals surface area contributed by atoms with E-state index in [1.54, 1.807) is 0 Å².